The third kappa shape index (κ3) is 3.77. The maximum absolute atomic E-state index is 4.04. The Hall–Kier alpha value is -3.07. The minimum absolute atomic E-state index is 1.06. The molecular formula is C23H23N3. The molecule has 0 aliphatic carbocycles. The van der Waals surface area contributed by atoms with E-state index in [1.54, 1.807) is 12.4 Å². The second-order valence-corrected chi connectivity index (χ2v) is 6.77. The molecule has 3 heteroatoms. The molecule has 2 aromatic heterocycles. The molecule has 2 aromatic carbocycles. The summed E-state index contributed by atoms with van der Waals surface area (Å²) in [5.41, 5.74) is 7.49. The van der Waals surface area contributed by atoms with Gasteiger partial charge in [-0.1, -0.05) is 24.3 Å². The van der Waals surface area contributed by atoms with Gasteiger partial charge in [0.05, 0.1) is 0 Å². The zero-order valence-corrected chi connectivity index (χ0v) is 15.0. The van der Waals surface area contributed by atoms with Crippen LogP contribution in [0.2, 0.25) is 0 Å². The number of hydrogen-bond acceptors (Lipinski definition) is 2. The van der Waals surface area contributed by atoms with Gasteiger partial charge < -0.3 is 10.3 Å². The van der Waals surface area contributed by atoms with Gasteiger partial charge >= 0.3 is 0 Å². The first-order valence-electron chi connectivity index (χ1n) is 9.10. The fourth-order valence-corrected chi connectivity index (χ4v) is 3.35. The smallest absolute Gasteiger partial charge is 0.0459 e. The Kier molecular flexibility index (Phi) is 4.69. The van der Waals surface area contributed by atoms with E-state index < -0.39 is 0 Å². The summed E-state index contributed by atoms with van der Waals surface area (Å²) in [5, 5.41) is 4.74. The normalized spacial score (nSPS) is 11.0. The van der Waals surface area contributed by atoms with Crippen molar-refractivity contribution in [1.82, 2.24) is 9.97 Å². The van der Waals surface area contributed by atoms with Crippen molar-refractivity contribution >= 4 is 22.3 Å². The number of rotatable bonds is 6. The number of aryl methyl sites for hydroxylation is 3. The third-order valence-corrected chi connectivity index (χ3v) is 4.76. The summed E-state index contributed by atoms with van der Waals surface area (Å²) in [5.74, 6) is 0. The lowest BCUT2D eigenvalue weighted by molar-refractivity contribution is 0.825. The lowest BCUT2D eigenvalue weighted by atomic mass is 10.0. The number of aromatic amines is 1. The molecule has 4 rings (SSSR count). The molecule has 0 fully saturated rings. The van der Waals surface area contributed by atoms with Gasteiger partial charge in [-0.25, -0.2) is 0 Å². The van der Waals surface area contributed by atoms with Crippen molar-refractivity contribution in [1.29, 1.82) is 0 Å². The van der Waals surface area contributed by atoms with E-state index in [4.69, 9.17) is 0 Å². The summed E-state index contributed by atoms with van der Waals surface area (Å²) < 4.78 is 0. The number of benzene rings is 2. The minimum atomic E-state index is 1.06. The standard InChI is InChI=1S/C23H23N3/c1-17-5-10-22-19(16-25-23(22)15-17)4-2-3-18-6-8-20(9-7-18)26-21-11-13-24-14-12-21/h5-16,25H,2-4H2,1H3,(H,24,26). The lowest BCUT2D eigenvalue weighted by Crippen LogP contribution is -1.92. The fraction of sp³-hybridized carbons (Fsp3) is 0.174. The quantitative estimate of drug-likeness (QED) is 0.466. The molecule has 0 radical (unpaired) electrons. The average Bonchev–Trinajstić information content (AvgIpc) is 3.06. The molecule has 0 saturated carbocycles. The fourth-order valence-electron chi connectivity index (χ4n) is 3.35. The Morgan fingerprint density at radius 3 is 2.46 bits per heavy atom. The molecule has 4 aromatic rings. The minimum Gasteiger partial charge on any atom is -0.361 e. The van der Waals surface area contributed by atoms with E-state index in [-0.39, 0.29) is 0 Å². The van der Waals surface area contributed by atoms with E-state index >= 15 is 0 Å². The Balaban J connectivity index is 1.34. The number of hydrogen-bond donors (Lipinski definition) is 2. The number of aromatic nitrogens is 2. The van der Waals surface area contributed by atoms with Crippen LogP contribution in [0, 0.1) is 6.92 Å². The Bertz CT molecular complexity index is 985. The topological polar surface area (TPSA) is 40.7 Å². The number of fused-ring (bicyclic) bond motifs is 1. The first-order valence-corrected chi connectivity index (χ1v) is 9.10. The highest BCUT2D eigenvalue weighted by atomic mass is 14.9. The van der Waals surface area contributed by atoms with Crippen LogP contribution in [0.5, 0.6) is 0 Å². The van der Waals surface area contributed by atoms with E-state index in [0.717, 1.165) is 30.6 Å². The van der Waals surface area contributed by atoms with Crippen molar-refractivity contribution in [2.24, 2.45) is 0 Å². The number of anilines is 2. The lowest BCUT2D eigenvalue weighted by Gasteiger charge is -2.07. The maximum atomic E-state index is 4.04. The number of pyridine rings is 1. The van der Waals surface area contributed by atoms with Crippen molar-refractivity contribution in [3.05, 3.63) is 89.9 Å². The monoisotopic (exact) mass is 341 g/mol. The summed E-state index contributed by atoms with van der Waals surface area (Å²) in [6, 6.07) is 19.3. The number of nitrogens with one attached hydrogen (secondary N) is 2. The number of H-pyrrole nitrogens is 1. The van der Waals surface area contributed by atoms with Crippen LogP contribution in [0.25, 0.3) is 10.9 Å². The molecule has 26 heavy (non-hydrogen) atoms. The molecule has 0 aliphatic rings. The molecule has 3 nitrogen and oxygen atoms in total. The molecule has 0 amide bonds. The van der Waals surface area contributed by atoms with Crippen molar-refractivity contribution in [2.45, 2.75) is 26.2 Å². The highest BCUT2D eigenvalue weighted by molar-refractivity contribution is 5.83. The molecule has 0 aliphatic heterocycles. The van der Waals surface area contributed by atoms with Gasteiger partial charge in [0, 0.05) is 40.9 Å². The zero-order valence-electron chi connectivity index (χ0n) is 15.0. The molecular weight excluding hydrogens is 318 g/mol. The molecule has 0 saturated heterocycles. The van der Waals surface area contributed by atoms with Crippen LogP contribution in [0.3, 0.4) is 0 Å². The van der Waals surface area contributed by atoms with Gasteiger partial charge in [-0.3, -0.25) is 4.98 Å². The van der Waals surface area contributed by atoms with Crippen LogP contribution in [0.1, 0.15) is 23.1 Å². The van der Waals surface area contributed by atoms with E-state index in [1.807, 2.05) is 12.1 Å². The number of nitrogens with zero attached hydrogens (tertiary/aromatic N) is 1. The second-order valence-electron chi connectivity index (χ2n) is 6.77. The Morgan fingerprint density at radius 1 is 0.885 bits per heavy atom. The molecule has 0 bridgehead atoms. The largest absolute Gasteiger partial charge is 0.361 e. The molecule has 0 unspecified atom stereocenters. The van der Waals surface area contributed by atoms with E-state index in [9.17, 15) is 0 Å². The summed E-state index contributed by atoms with van der Waals surface area (Å²) in [6.45, 7) is 2.13. The molecule has 0 spiro atoms. The predicted octanol–water partition coefficient (Wildman–Crippen LogP) is 5.79. The van der Waals surface area contributed by atoms with E-state index in [0.29, 0.717) is 0 Å². The summed E-state index contributed by atoms with van der Waals surface area (Å²) in [7, 11) is 0. The van der Waals surface area contributed by atoms with Crippen LogP contribution >= 0.6 is 0 Å². The van der Waals surface area contributed by atoms with Crippen LogP contribution < -0.4 is 5.32 Å². The SMILES string of the molecule is Cc1ccc2c(CCCc3ccc(Nc4ccncc4)cc3)c[nH]c2c1. The van der Waals surface area contributed by atoms with Gasteiger partial charge in [-0.15, -0.1) is 0 Å². The molecule has 0 atom stereocenters. The zero-order chi connectivity index (χ0) is 17.8. The van der Waals surface area contributed by atoms with Crippen molar-refractivity contribution in [3.8, 4) is 0 Å². The van der Waals surface area contributed by atoms with Crippen LogP contribution in [0.15, 0.2) is 73.2 Å². The van der Waals surface area contributed by atoms with Gasteiger partial charge in [0.25, 0.3) is 0 Å². The average molecular weight is 341 g/mol. The second kappa shape index (κ2) is 7.44. The van der Waals surface area contributed by atoms with Gasteiger partial charge in [0.1, 0.15) is 0 Å². The van der Waals surface area contributed by atoms with Crippen LogP contribution in [-0.4, -0.2) is 9.97 Å². The van der Waals surface area contributed by atoms with Crippen LogP contribution in [0.4, 0.5) is 11.4 Å². The summed E-state index contributed by atoms with van der Waals surface area (Å²) >= 11 is 0. The summed E-state index contributed by atoms with van der Waals surface area (Å²) in [6.07, 6.45) is 9.09. The Morgan fingerprint density at radius 2 is 1.65 bits per heavy atom. The Labute approximate surface area is 154 Å². The van der Waals surface area contributed by atoms with Crippen molar-refractivity contribution < 1.29 is 0 Å². The molecule has 130 valence electrons. The third-order valence-electron chi connectivity index (χ3n) is 4.76. The van der Waals surface area contributed by atoms with Gasteiger partial charge in [-0.05, 0) is 73.2 Å². The predicted molar refractivity (Wildman–Crippen MR) is 109 cm³/mol. The maximum Gasteiger partial charge on any atom is 0.0459 e. The molecule has 2 N–H and O–H groups in total. The van der Waals surface area contributed by atoms with Crippen LogP contribution in [-0.2, 0) is 12.8 Å². The molecule has 2 heterocycles. The first kappa shape index (κ1) is 16.4. The first-order chi connectivity index (χ1) is 12.8. The van der Waals surface area contributed by atoms with Gasteiger partial charge in [0.15, 0.2) is 0 Å². The van der Waals surface area contributed by atoms with Gasteiger partial charge in [0.2, 0.25) is 0 Å². The van der Waals surface area contributed by atoms with Gasteiger partial charge in [-0.2, -0.15) is 0 Å². The highest BCUT2D eigenvalue weighted by Gasteiger charge is 2.04. The van der Waals surface area contributed by atoms with Crippen molar-refractivity contribution in [3.63, 3.8) is 0 Å². The summed E-state index contributed by atoms with van der Waals surface area (Å²) in [4.78, 5) is 7.43. The highest BCUT2D eigenvalue weighted by Crippen LogP contribution is 2.22. The van der Waals surface area contributed by atoms with E-state index in [1.165, 1.54) is 27.6 Å². The van der Waals surface area contributed by atoms with Crippen molar-refractivity contribution in [2.75, 3.05) is 5.32 Å². The van der Waals surface area contributed by atoms with E-state index in [2.05, 4.69) is 70.9 Å².